The number of aromatic nitrogens is 1. The molecule has 0 saturated carbocycles. The molecule has 112 valence electrons. The summed E-state index contributed by atoms with van der Waals surface area (Å²) in [6.07, 6.45) is 2.75. The molecule has 0 aromatic carbocycles. The molecule has 1 heterocycles. The third kappa shape index (κ3) is 4.67. The number of amides is 1. The number of nitrogens with one attached hydrogen (secondary N) is 2. The van der Waals surface area contributed by atoms with E-state index in [1.807, 2.05) is 6.92 Å². The van der Waals surface area contributed by atoms with E-state index in [0.29, 0.717) is 16.5 Å². The molecule has 0 unspecified atom stereocenters. The van der Waals surface area contributed by atoms with Crippen LogP contribution in [0.25, 0.3) is 0 Å². The van der Waals surface area contributed by atoms with Gasteiger partial charge in [0.25, 0.3) is 5.91 Å². The molecule has 0 fully saturated rings. The van der Waals surface area contributed by atoms with E-state index in [2.05, 4.69) is 36.4 Å². The smallest absolute Gasteiger partial charge is 0.251 e. The van der Waals surface area contributed by atoms with E-state index in [9.17, 15) is 4.79 Å². The molecule has 0 saturated heterocycles. The number of hydrogen-bond donors (Lipinski definition) is 2. The summed E-state index contributed by atoms with van der Waals surface area (Å²) in [5.74, 6) is 0.527. The molecule has 0 aliphatic rings. The molecular weight excluding hydrogens is 274 g/mol. The Kier molecular flexibility index (Phi) is 6.27. The van der Waals surface area contributed by atoms with Crippen molar-refractivity contribution >= 4 is 23.3 Å². The number of hydrogen-bond acceptors (Lipinski definition) is 3. The van der Waals surface area contributed by atoms with E-state index in [0.717, 1.165) is 25.8 Å². The molecule has 1 amide bonds. The second-order valence-corrected chi connectivity index (χ2v) is 5.60. The van der Waals surface area contributed by atoms with Crippen molar-refractivity contribution in [3.8, 4) is 0 Å². The molecule has 1 rings (SSSR count). The van der Waals surface area contributed by atoms with Gasteiger partial charge in [-0.2, -0.15) is 0 Å². The molecule has 0 aliphatic carbocycles. The molecule has 4 nitrogen and oxygen atoms in total. The lowest BCUT2D eigenvalue weighted by Crippen LogP contribution is -2.45. The lowest BCUT2D eigenvalue weighted by Gasteiger charge is -2.28. The van der Waals surface area contributed by atoms with Crippen molar-refractivity contribution < 1.29 is 4.79 Å². The molecular formula is C15H24ClN3O. The van der Waals surface area contributed by atoms with Gasteiger partial charge < -0.3 is 10.6 Å². The fourth-order valence-corrected chi connectivity index (χ4v) is 1.95. The normalized spacial score (nSPS) is 11.2. The first-order valence-electron chi connectivity index (χ1n) is 7.18. The standard InChI is InChI=1S/C15H24ClN3O/c1-5-8-17-13-10-11(9-12(16)18-13)14(20)19-15(4,6-2)7-3/h9-10H,5-8H2,1-4H3,(H,17,18)(H,19,20). The van der Waals surface area contributed by atoms with Gasteiger partial charge in [-0.05, 0) is 38.3 Å². The van der Waals surface area contributed by atoms with Gasteiger partial charge in [-0.1, -0.05) is 32.4 Å². The highest BCUT2D eigenvalue weighted by molar-refractivity contribution is 6.29. The summed E-state index contributed by atoms with van der Waals surface area (Å²) in [5.41, 5.74) is 0.348. The summed E-state index contributed by atoms with van der Waals surface area (Å²) in [7, 11) is 0. The van der Waals surface area contributed by atoms with Crippen LogP contribution >= 0.6 is 11.6 Å². The van der Waals surface area contributed by atoms with Crippen LogP contribution in [0.4, 0.5) is 5.82 Å². The minimum atomic E-state index is -0.191. The molecule has 5 heteroatoms. The largest absolute Gasteiger partial charge is 0.370 e. The Labute approximate surface area is 126 Å². The predicted molar refractivity (Wildman–Crippen MR) is 84.5 cm³/mol. The van der Waals surface area contributed by atoms with E-state index in [-0.39, 0.29) is 11.4 Å². The molecule has 0 aliphatic heterocycles. The average Bonchev–Trinajstić information content (AvgIpc) is 2.44. The van der Waals surface area contributed by atoms with E-state index >= 15 is 0 Å². The van der Waals surface area contributed by atoms with Crippen molar-refractivity contribution in [3.05, 3.63) is 22.8 Å². The number of pyridine rings is 1. The Morgan fingerprint density at radius 1 is 1.30 bits per heavy atom. The van der Waals surface area contributed by atoms with Gasteiger partial charge in [-0.25, -0.2) is 4.98 Å². The van der Waals surface area contributed by atoms with Crippen LogP contribution in [-0.4, -0.2) is 23.0 Å². The van der Waals surface area contributed by atoms with Crippen molar-refractivity contribution in [1.29, 1.82) is 0 Å². The van der Waals surface area contributed by atoms with Gasteiger partial charge in [0.1, 0.15) is 11.0 Å². The summed E-state index contributed by atoms with van der Waals surface area (Å²) in [5, 5.41) is 6.54. The zero-order valence-corrected chi connectivity index (χ0v) is 13.5. The number of anilines is 1. The van der Waals surface area contributed by atoms with E-state index in [1.54, 1.807) is 12.1 Å². The fraction of sp³-hybridized carbons (Fsp3) is 0.600. The first-order valence-corrected chi connectivity index (χ1v) is 7.55. The lowest BCUT2D eigenvalue weighted by atomic mass is 9.95. The molecule has 1 aromatic heterocycles. The van der Waals surface area contributed by atoms with E-state index < -0.39 is 0 Å². The first-order chi connectivity index (χ1) is 9.44. The number of halogens is 1. The monoisotopic (exact) mass is 297 g/mol. The first kappa shape index (κ1) is 16.8. The Morgan fingerprint density at radius 3 is 2.50 bits per heavy atom. The highest BCUT2D eigenvalue weighted by atomic mass is 35.5. The topological polar surface area (TPSA) is 54.0 Å². The van der Waals surface area contributed by atoms with Crippen molar-refractivity contribution in [3.63, 3.8) is 0 Å². The molecule has 2 N–H and O–H groups in total. The molecule has 0 spiro atoms. The SMILES string of the molecule is CCCNc1cc(C(=O)NC(C)(CC)CC)cc(Cl)n1. The number of rotatable bonds is 7. The molecule has 0 bridgehead atoms. The summed E-state index contributed by atoms with van der Waals surface area (Å²) in [4.78, 5) is 16.5. The van der Waals surface area contributed by atoms with Crippen LogP contribution in [0.15, 0.2) is 12.1 Å². The minimum Gasteiger partial charge on any atom is -0.370 e. The van der Waals surface area contributed by atoms with Gasteiger partial charge in [0.2, 0.25) is 0 Å². The third-order valence-electron chi connectivity index (χ3n) is 3.59. The minimum absolute atomic E-state index is 0.111. The Bertz CT molecular complexity index is 458. The van der Waals surface area contributed by atoms with E-state index in [1.165, 1.54) is 0 Å². The Hall–Kier alpha value is -1.29. The zero-order valence-electron chi connectivity index (χ0n) is 12.7. The predicted octanol–water partition coefficient (Wildman–Crippen LogP) is 3.87. The van der Waals surface area contributed by atoms with Gasteiger partial charge in [-0.15, -0.1) is 0 Å². The highest BCUT2D eigenvalue weighted by Gasteiger charge is 2.23. The molecule has 0 atom stereocenters. The van der Waals surface area contributed by atoms with Gasteiger partial charge in [-0.3, -0.25) is 4.79 Å². The van der Waals surface area contributed by atoms with Crippen LogP contribution in [0.3, 0.4) is 0 Å². The van der Waals surface area contributed by atoms with Crippen LogP contribution in [0.1, 0.15) is 57.3 Å². The van der Waals surface area contributed by atoms with Crippen molar-refractivity contribution in [1.82, 2.24) is 10.3 Å². The lowest BCUT2D eigenvalue weighted by molar-refractivity contribution is 0.0901. The van der Waals surface area contributed by atoms with Crippen LogP contribution < -0.4 is 10.6 Å². The third-order valence-corrected chi connectivity index (χ3v) is 3.78. The molecule has 1 aromatic rings. The van der Waals surface area contributed by atoms with Gasteiger partial charge in [0.15, 0.2) is 0 Å². The van der Waals surface area contributed by atoms with Gasteiger partial charge in [0.05, 0.1) is 0 Å². The van der Waals surface area contributed by atoms with Crippen molar-refractivity contribution in [2.45, 2.75) is 52.5 Å². The second kappa shape index (κ2) is 7.48. The quantitative estimate of drug-likeness (QED) is 0.751. The van der Waals surface area contributed by atoms with Crippen molar-refractivity contribution in [2.24, 2.45) is 0 Å². The average molecular weight is 298 g/mol. The molecule has 0 radical (unpaired) electrons. The zero-order chi connectivity index (χ0) is 15.2. The van der Waals surface area contributed by atoms with Crippen LogP contribution in [0, 0.1) is 0 Å². The maximum absolute atomic E-state index is 12.3. The maximum Gasteiger partial charge on any atom is 0.251 e. The Balaban J connectivity index is 2.89. The van der Waals surface area contributed by atoms with Crippen LogP contribution in [0.2, 0.25) is 5.15 Å². The summed E-state index contributed by atoms with van der Waals surface area (Å²) < 4.78 is 0. The number of nitrogens with zero attached hydrogens (tertiary/aromatic N) is 1. The number of carbonyl (C=O) groups excluding carboxylic acids is 1. The van der Waals surface area contributed by atoms with Gasteiger partial charge >= 0.3 is 0 Å². The molecule has 20 heavy (non-hydrogen) atoms. The summed E-state index contributed by atoms with van der Waals surface area (Å²) >= 11 is 5.98. The summed E-state index contributed by atoms with van der Waals surface area (Å²) in [6.45, 7) is 9.05. The second-order valence-electron chi connectivity index (χ2n) is 5.21. The highest BCUT2D eigenvalue weighted by Crippen LogP contribution is 2.18. The van der Waals surface area contributed by atoms with Crippen LogP contribution in [-0.2, 0) is 0 Å². The van der Waals surface area contributed by atoms with Crippen molar-refractivity contribution in [2.75, 3.05) is 11.9 Å². The van der Waals surface area contributed by atoms with Crippen LogP contribution in [0.5, 0.6) is 0 Å². The van der Waals surface area contributed by atoms with E-state index in [4.69, 9.17) is 11.6 Å². The fourth-order valence-electron chi connectivity index (χ4n) is 1.74. The number of carbonyl (C=O) groups is 1. The summed E-state index contributed by atoms with van der Waals surface area (Å²) in [6, 6.07) is 3.34. The maximum atomic E-state index is 12.3. The Morgan fingerprint density at radius 2 is 1.95 bits per heavy atom. The van der Waals surface area contributed by atoms with Gasteiger partial charge in [0, 0.05) is 17.6 Å².